The Labute approximate surface area is 198 Å². The molecule has 0 aliphatic carbocycles. The molecule has 0 N–H and O–H groups in total. The van der Waals surface area contributed by atoms with Gasteiger partial charge in [0.2, 0.25) is 0 Å². The van der Waals surface area contributed by atoms with E-state index in [1.54, 1.807) is 36.4 Å². The Morgan fingerprint density at radius 1 is 0.912 bits per heavy atom. The lowest BCUT2D eigenvalue weighted by Gasteiger charge is -2.27. The molecule has 2 aliphatic rings. The van der Waals surface area contributed by atoms with Crippen LogP contribution in [0.1, 0.15) is 15.9 Å². The minimum Gasteiger partial charge on any atom is -0.478 e. The summed E-state index contributed by atoms with van der Waals surface area (Å²) in [4.78, 5) is 18.0. The second kappa shape index (κ2) is 9.23. The highest BCUT2D eigenvalue weighted by Gasteiger charge is 2.50. The fraction of sp³-hybridized carbons (Fsp3) is 0.192. The monoisotopic (exact) mass is 473 g/mol. The van der Waals surface area contributed by atoms with Gasteiger partial charge < -0.3 is 4.74 Å². The number of hydrogen-bond donors (Lipinski definition) is 0. The van der Waals surface area contributed by atoms with Crippen molar-refractivity contribution in [3.8, 4) is 0 Å². The van der Waals surface area contributed by atoms with Gasteiger partial charge in [0.25, 0.3) is 0 Å². The Morgan fingerprint density at radius 2 is 1.53 bits per heavy atom. The van der Waals surface area contributed by atoms with E-state index in [4.69, 9.17) is 9.84 Å². The minimum atomic E-state index is -3.95. The molecule has 3 aromatic rings. The zero-order valence-electron chi connectivity index (χ0n) is 18.3. The summed E-state index contributed by atoms with van der Waals surface area (Å²) >= 11 is 0. The first-order valence-corrected chi connectivity index (χ1v) is 12.7. The number of benzene rings is 3. The lowest BCUT2D eigenvalue weighted by Crippen LogP contribution is -2.46. The lowest BCUT2D eigenvalue weighted by atomic mass is 9.89. The molecule has 2 aliphatic heterocycles. The minimum absolute atomic E-state index is 0.173. The van der Waals surface area contributed by atoms with Crippen LogP contribution >= 0.6 is 0 Å². The Balaban J connectivity index is 1.67. The second-order valence-corrected chi connectivity index (χ2v) is 10.2. The van der Waals surface area contributed by atoms with E-state index < -0.39 is 26.9 Å². The van der Waals surface area contributed by atoms with Crippen LogP contribution in [-0.2, 0) is 14.6 Å². The molecule has 2 heterocycles. The van der Waals surface area contributed by atoms with E-state index in [0.717, 1.165) is 0 Å². The van der Waals surface area contributed by atoms with Gasteiger partial charge in [-0.15, -0.1) is 0 Å². The number of ketones is 1. The van der Waals surface area contributed by atoms with E-state index in [-0.39, 0.29) is 11.7 Å². The number of hydrogen-bond acceptors (Lipinski definition) is 7. The fourth-order valence-corrected chi connectivity index (χ4v) is 6.09. The standard InChI is InChI=1S/C26H23N3O4S/c30-25(20-12-6-2-7-13-20)23-24(19-10-4-1-5-11-19)28-29(21-14-8-3-9-15-21)26(23)34(31,32)18-22-27-16-17-33-22/h1-15,23,26H,16-18H2. The fourth-order valence-electron chi connectivity index (χ4n) is 4.26. The maximum absolute atomic E-state index is 13.9. The average molecular weight is 474 g/mol. The van der Waals surface area contributed by atoms with Crippen molar-refractivity contribution < 1.29 is 17.9 Å². The van der Waals surface area contributed by atoms with E-state index in [0.29, 0.717) is 35.7 Å². The maximum atomic E-state index is 13.9. The smallest absolute Gasteiger partial charge is 0.199 e. The number of nitrogens with zero attached hydrogens (tertiary/aromatic N) is 3. The van der Waals surface area contributed by atoms with Gasteiger partial charge in [0.05, 0.1) is 17.9 Å². The van der Waals surface area contributed by atoms with Gasteiger partial charge in [-0.3, -0.25) is 9.79 Å². The van der Waals surface area contributed by atoms with Crippen LogP contribution in [0, 0.1) is 5.92 Å². The summed E-state index contributed by atoms with van der Waals surface area (Å²) in [6.07, 6.45) is 0. The van der Waals surface area contributed by atoms with Crippen LogP contribution < -0.4 is 5.01 Å². The van der Waals surface area contributed by atoms with Crippen LogP contribution in [0.15, 0.2) is 101 Å². The first-order valence-electron chi connectivity index (χ1n) is 11.0. The molecular weight excluding hydrogens is 450 g/mol. The number of anilines is 1. The molecule has 8 heteroatoms. The van der Waals surface area contributed by atoms with Crippen molar-refractivity contribution in [3.05, 3.63) is 102 Å². The van der Waals surface area contributed by atoms with Gasteiger partial charge in [-0.1, -0.05) is 78.9 Å². The van der Waals surface area contributed by atoms with Gasteiger partial charge in [-0.05, 0) is 17.7 Å². The number of carbonyl (C=O) groups is 1. The third-order valence-corrected chi connectivity index (χ3v) is 7.67. The largest absolute Gasteiger partial charge is 0.478 e. The highest BCUT2D eigenvalue weighted by Crippen LogP contribution is 2.36. The zero-order chi connectivity index (χ0) is 23.5. The molecule has 2 unspecified atom stereocenters. The van der Waals surface area contributed by atoms with Crippen molar-refractivity contribution in [1.29, 1.82) is 0 Å². The number of Topliss-reactive ketones (excluding diaryl/α,β-unsaturated/α-hetero) is 1. The van der Waals surface area contributed by atoms with Crippen molar-refractivity contribution in [2.45, 2.75) is 5.37 Å². The molecule has 0 spiro atoms. The van der Waals surface area contributed by atoms with E-state index >= 15 is 0 Å². The number of ether oxygens (including phenoxy) is 1. The van der Waals surface area contributed by atoms with E-state index in [1.807, 2.05) is 54.6 Å². The van der Waals surface area contributed by atoms with E-state index in [2.05, 4.69) is 4.99 Å². The number of sulfone groups is 1. The van der Waals surface area contributed by atoms with Crippen molar-refractivity contribution in [2.75, 3.05) is 23.9 Å². The Morgan fingerprint density at radius 3 is 2.15 bits per heavy atom. The molecule has 0 fully saturated rings. The molecule has 2 atom stereocenters. The van der Waals surface area contributed by atoms with Crippen molar-refractivity contribution in [3.63, 3.8) is 0 Å². The maximum Gasteiger partial charge on any atom is 0.199 e. The van der Waals surface area contributed by atoms with Crippen LogP contribution in [0.25, 0.3) is 0 Å². The zero-order valence-corrected chi connectivity index (χ0v) is 19.1. The number of para-hydroxylation sites is 1. The summed E-state index contributed by atoms with van der Waals surface area (Å²) in [6.45, 7) is 0.784. The van der Waals surface area contributed by atoms with E-state index in [1.165, 1.54) is 5.01 Å². The van der Waals surface area contributed by atoms with Crippen molar-refractivity contribution in [1.82, 2.24) is 0 Å². The van der Waals surface area contributed by atoms with Gasteiger partial charge >= 0.3 is 0 Å². The highest BCUT2D eigenvalue weighted by molar-refractivity contribution is 7.92. The molecule has 172 valence electrons. The predicted molar refractivity (Wildman–Crippen MR) is 132 cm³/mol. The first-order chi connectivity index (χ1) is 16.5. The molecule has 0 saturated carbocycles. The summed E-state index contributed by atoms with van der Waals surface area (Å²) in [6, 6.07) is 27.0. The number of hydrazone groups is 1. The predicted octanol–water partition coefficient (Wildman–Crippen LogP) is 3.58. The number of carbonyl (C=O) groups excluding carboxylic acids is 1. The van der Waals surface area contributed by atoms with Gasteiger partial charge in [-0.2, -0.15) is 5.10 Å². The van der Waals surface area contributed by atoms with Crippen molar-refractivity contribution in [2.24, 2.45) is 16.0 Å². The third kappa shape index (κ3) is 4.24. The lowest BCUT2D eigenvalue weighted by molar-refractivity contribution is 0.0954. The molecule has 0 bridgehead atoms. The summed E-state index contributed by atoms with van der Waals surface area (Å²) < 4.78 is 33.1. The normalized spacial score (nSPS) is 19.9. The van der Waals surface area contributed by atoms with Crippen molar-refractivity contribution >= 4 is 32.9 Å². The molecule has 0 saturated heterocycles. The Bertz CT molecular complexity index is 1340. The van der Waals surface area contributed by atoms with Gasteiger partial charge in [-0.25, -0.2) is 13.4 Å². The van der Waals surface area contributed by atoms with Gasteiger partial charge in [0, 0.05) is 5.56 Å². The topological polar surface area (TPSA) is 88.4 Å². The van der Waals surface area contributed by atoms with Crippen LogP contribution in [0.2, 0.25) is 0 Å². The molecule has 0 amide bonds. The molecule has 0 aromatic heterocycles. The molecule has 7 nitrogen and oxygen atoms in total. The Kier molecular flexibility index (Phi) is 5.98. The van der Waals surface area contributed by atoms with Gasteiger partial charge in [0.1, 0.15) is 18.3 Å². The summed E-state index contributed by atoms with van der Waals surface area (Å²) in [5.74, 6) is -1.55. The molecule has 5 rings (SSSR count). The van der Waals surface area contributed by atoms with Gasteiger partial charge in [0.15, 0.2) is 26.9 Å². The van der Waals surface area contributed by atoms with Crippen LogP contribution in [0.4, 0.5) is 5.69 Å². The second-order valence-electron chi connectivity index (χ2n) is 8.06. The first kappa shape index (κ1) is 22.0. The van der Waals surface area contributed by atoms with Crippen LogP contribution in [-0.4, -0.2) is 50.1 Å². The summed E-state index contributed by atoms with van der Waals surface area (Å²) in [5, 5.41) is 4.96. The highest BCUT2D eigenvalue weighted by atomic mass is 32.2. The van der Waals surface area contributed by atoms with E-state index in [9.17, 15) is 13.2 Å². The summed E-state index contributed by atoms with van der Waals surface area (Å²) in [5.41, 5.74) is 2.13. The average Bonchev–Trinajstić information content (AvgIpc) is 3.53. The number of aliphatic imine (C=N–C) groups is 1. The Hall–Kier alpha value is -3.78. The number of rotatable bonds is 7. The quantitative estimate of drug-likeness (QED) is 0.490. The molecular formula is C26H23N3O4S. The SMILES string of the molecule is O=C(c1ccccc1)C1C(c2ccccc2)=NN(c2ccccc2)C1S(=O)(=O)CC1=NCCO1. The molecule has 34 heavy (non-hydrogen) atoms. The molecule has 3 aromatic carbocycles. The molecule has 0 radical (unpaired) electrons. The van der Waals surface area contributed by atoms with Crippen LogP contribution in [0.3, 0.4) is 0 Å². The summed E-state index contributed by atoms with van der Waals surface area (Å²) in [7, 11) is -3.95. The third-order valence-electron chi connectivity index (χ3n) is 5.81. The van der Waals surface area contributed by atoms with Crippen LogP contribution in [0.5, 0.6) is 0 Å².